The van der Waals surface area contributed by atoms with Gasteiger partial charge in [0.2, 0.25) is 0 Å². The van der Waals surface area contributed by atoms with Crippen LogP contribution in [-0.2, 0) is 19.7 Å². The molecule has 0 saturated heterocycles. The van der Waals surface area contributed by atoms with Crippen LogP contribution in [0.3, 0.4) is 0 Å². The minimum atomic E-state index is -3.94. The lowest BCUT2D eigenvalue weighted by Crippen LogP contribution is -2.33. The van der Waals surface area contributed by atoms with Gasteiger partial charge >= 0.3 is 0 Å². The molecular formula is C12H17FO4S2. The van der Waals surface area contributed by atoms with Crippen LogP contribution in [0.25, 0.3) is 0 Å². The van der Waals surface area contributed by atoms with Gasteiger partial charge < -0.3 is 0 Å². The van der Waals surface area contributed by atoms with E-state index in [1.165, 1.54) is 32.9 Å². The summed E-state index contributed by atoms with van der Waals surface area (Å²) in [6.45, 7) is 4.49. The molecule has 108 valence electrons. The molecule has 0 radical (unpaired) electrons. The summed E-state index contributed by atoms with van der Waals surface area (Å²) in [5, 5.41) is 0. The number of benzene rings is 1. The Bertz CT molecular complexity index is 655. The predicted octanol–water partition coefficient (Wildman–Crippen LogP) is 1.81. The molecule has 0 aliphatic heterocycles. The summed E-state index contributed by atoms with van der Waals surface area (Å²) in [5.41, 5.74) is 0. The van der Waals surface area contributed by atoms with E-state index in [1.54, 1.807) is 0 Å². The van der Waals surface area contributed by atoms with Gasteiger partial charge in [0.1, 0.15) is 10.7 Å². The first-order chi connectivity index (χ1) is 8.47. The normalized spacial score (nSPS) is 13.5. The molecule has 0 amide bonds. The third kappa shape index (κ3) is 3.76. The Labute approximate surface area is 113 Å². The maximum absolute atomic E-state index is 13.4. The number of sulfone groups is 2. The van der Waals surface area contributed by atoms with Crippen molar-refractivity contribution < 1.29 is 21.2 Å². The number of hydrogen-bond donors (Lipinski definition) is 0. The zero-order valence-electron chi connectivity index (χ0n) is 11.1. The van der Waals surface area contributed by atoms with E-state index in [2.05, 4.69) is 0 Å². The highest BCUT2D eigenvalue weighted by Crippen LogP contribution is 2.19. The monoisotopic (exact) mass is 308 g/mol. The summed E-state index contributed by atoms with van der Waals surface area (Å²) in [5.74, 6) is -2.00. The lowest BCUT2D eigenvalue weighted by molar-refractivity contribution is 0.555. The summed E-state index contributed by atoms with van der Waals surface area (Å²) < 4.78 is 59.9. The summed E-state index contributed by atoms with van der Waals surface area (Å²) >= 11 is 0. The Morgan fingerprint density at radius 2 is 1.53 bits per heavy atom. The zero-order valence-corrected chi connectivity index (χ0v) is 12.7. The molecule has 0 N–H and O–H groups in total. The molecule has 0 bridgehead atoms. The number of rotatable bonds is 4. The lowest BCUT2D eigenvalue weighted by atomic mass is 10.3. The van der Waals surface area contributed by atoms with Crippen LogP contribution >= 0.6 is 0 Å². The van der Waals surface area contributed by atoms with Crippen LogP contribution in [-0.4, -0.2) is 33.1 Å². The largest absolute Gasteiger partial charge is 0.228 e. The predicted molar refractivity (Wildman–Crippen MR) is 72.0 cm³/mol. The molecule has 1 aromatic rings. The third-order valence-corrected chi connectivity index (χ3v) is 7.33. The Kier molecular flexibility index (Phi) is 4.41. The Morgan fingerprint density at radius 1 is 1.00 bits per heavy atom. The maximum atomic E-state index is 13.4. The van der Waals surface area contributed by atoms with Gasteiger partial charge in [0, 0.05) is 0 Å². The van der Waals surface area contributed by atoms with E-state index in [0.717, 1.165) is 12.1 Å². The molecule has 0 heterocycles. The third-order valence-electron chi connectivity index (χ3n) is 2.73. The van der Waals surface area contributed by atoms with E-state index in [4.69, 9.17) is 0 Å². The summed E-state index contributed by atoms with van der Waals surface area (Å²) in [4.78, 5) is -0.459. The fourth-order valence-corrected chi connectivity index (χ4v) is 4.57. The molecule has 7 heteroatoms. The second-order valence-electron chi connectivity index (χ2n) is 5.18. The van der Waals surface area contributed by atoms with Crippen molar-refractivity contribution in [1.29, 1.82) is 0 Å². The highest BCUT2D eigenvalue weighted by Gasteiger charge is 2.31. The Morgan fingerprint density at radius 3 is 2.00 bits per heavy atom. The van der Waals surface area contributed by atoms with Gasteiger partial charge in [-0.3, -0.25) is 0 Å². The first-order valence-electron chi connectivity index (χ1n) is 5.67. The van der Waals surface area contributed by atoms with E-state index >= 15 is 0 Å². The summed E-state index contributed by atoms with van der Waals surface area (Å²) in [6.07, 6.45) is 0. The Balaban J connectivity index is 2.99. The van der Waals surface area contributed by atoms with Crippen LogP contribution in [0.1, 0.15) is 20.8 Å². The van der Waals surface area contributed by atoms with Gasteiger partial charge in [0.25, 0.3) is 0 Å². The maximum Gasteiger partial charge on any atom is 0.182 e. The zero-order chi connectivity index (χ0) is 14.9. The second-order valence-corrected chi connectivity index (χ2v) is 10.1. The molecule has 0 spiro atoms. The van der Waals surface area contributed by atoms with E-state index in [1.807, 2.05) is 0 Å². The van der Waals surface area contributed by atoms with Crippen molar-refractivity contribution >= 4 is 19.7 Å². The molecule has 19 heavy (non-hydrogen) atoms. The molecule has 1 rings (SSSR count). The quantitative estimate of drug-likeness (QED) is 0.851. The Hall–Kier alpha value is -0.950. The summed E-state index contributed by atoms with van der Waals surface area (Å²) in [6, 6.07) is 4.94. The minimum absolute atomic E-state index is 0.459. The van der Waals surface area contributed by atoms with Gasteiger partial charge in [-0.2, -0.15) is 0 Å². The van der Waals surface area contributed by atoms with Crippen molar-refractivity contribution in [2.24, 2.45) is 0 Å². The van der Waals surface area contributed by atoms with Crippen LogP contribution in [0.15, 0.2) is 29.2 Å². The standard InChI is InChI=1S/C12H17FO4S2/c1-12(2,3)19(16,17)9-8-18(14,15)11-7-5-4-6-10(11)13/h4-7H,8-9H2,1-3H3. The van der Waals surface area contributed by atoms with Gasteiger partial charge in [-0.05, 0) is 32.9 Å². The van der Waals surface area contributed by atoms with Gasteiger partial charge in [-0.1, -0.05) is 12.1 Å². The first kappa shape index (κ1) is 16.1. The van der Waals surface area contributed by atoms with Crippen molar-refractivity contribution in [2.45, 2.75) is 30.4 Å². The van der Waals surface area contributed by atoms with Crippen LogP contribution in [0.5, 0.6) is 0 Å². The smallest absolute Gasteiger partial charge is 0.182 e. The number of halogens is 1. The molecule has 0 aromatic heterocycles. The van der Waals surface area contributed by atoms with Crippen molar-refractivity contribution in [1.82, 2.24) is 0 Å². The first-order valence-corrected chi connectivity index (χ1v) is 8.97. The van der Waals surface area contributed by atoms with Gasteiger partial charge in [0.15, 0.2) is 19.7 Å². The molecule has 0 aliphatic rings. The van der Waals surface area contributed by atoms with Crippen molar-refractivity contribution in [3.63, 3.8) is 0 Å². The SMILES string of the molecule is CC(C)(C)S(=O)(=O)CCS(=O)(=O)c1ccccc1F. The van der Waals surface area contributed by atoms with Crippen LogP contribution < -0.4 is 0 Å². The molecule has 4 nitrogen and oxygen atoms in total. The van der Waals surface area contributed by atoms with Crippen LogP contribution in [0.2, 0.25) is 0 Å². The highest BCUT2D eigenvalue weighted by atomic mass is 32.2. The molecule has 0 aliphatic carbocycles. The fourth-order valence-electron chi connectivity index (χ4n) is 1.33. The summed E-state index contributed by atoms with van der Waals surface area (Å²) in [7, 11) is -7.49. The fraction of sp³-hybridized carbons (Fsp3) is 0.500. The molecule has 0 atom stereocenters. The lowest BCUT2D eigenvalue weighted by Gasteiger charge is -2.18. The van der Waals surface area contributed by atoms with Crippen LogP contribution in [0, 0.1) is 5.82 Å². The van der Waals surface area contributed by atoms with E-state index in [9.17, 15) is 21.2 Å². The number of hydrogen-bond acceptors (Lipinski definition) is 4. The van der Waals surface area contributed by atoms with Gasteiger partial charge in [-0.15, -0.1) is 0 Å². The average molecular weight is 308 g/mol. The van der Waals surface area contributed by atoms with Gasteiger partial charge in [0.05, 0.1) is 16.3 Å². The van der Waals surface area contributed by atoms with Crippen molar-refractivity contribution in [3.05, 3.63) is 30.1 Å². The van der Waals surface area contributed by atoms with E-state index in [0.29, 0.717) is 0 Å². The second kappa shape index (κ2) is 5.20. The molecule has 1 aromatic carbocycles. The van der Waals surface area contributed by atoms with Gasteiger partial charge in [-0.25, -0.2) is 21.2 Å². The van der Waals surface area contributed by atoms with Crippen LogP contribution in [0.4, 0.5) is 4.39 Å². The minimum Gasteiger partial charge on any atom is -0.228 e. The molecule has 0 saturated carbocycles. The topological polar surface area (TPSA) is 68.3 Å². The van der Waals surface area contributed by atoms with Crippen molar-refractivity contribution in [2.75, 3.05) is 11.5 Å². The molecule has 0 fully saturated rings. The average Bonchev–Trinajstić information content (AvgIpc) is 2.25. The highest BCUT2D eigenvalue weighted by molar-refractivity contribution is 7.95. The molecular weight excluding hydrogens is 291 g/mol. The van der Waals surface area contributed by atoms with E-state index < -0.39 is 46.6 Å². The van der Waals surface area contributed by atoms with Crippen molar-refractivity contribution in [3.8, 4) is 0 Å². The molecule has 0 unspecified atom stereocenters. The van der Waals surface area contributed by atoms with E-state index in [-0.39, 0.29) is 0 Å².